The minimum atomic E-state index is -0.157. The number of rotatable bonds is 4. The quantitative estimate of drug-likeness (QED) is 0.832. The Morgan fingerprint density at radius 1 is 1.53 bits per heavy atom. The van der Waals surface area contributed by atoms with Crippen molar-refractivity contribution in [3.8, 4) is 0 Å². The van der Waals surface area contributed by atoms with Crippen LogP contribution in [0.25, 0.3) is 11.0 Å². The van der Waals surface area contributed by atoms with E-state index in [1.54, 1.807) is 11.7 Å². The molecule has 0 aliphatic rings. The molecule has 2 N–H and O–H groups in total. The van der Waals surface area contributed by atoms with Gasteiger partial charge < -0.3 is 5.32 Å². The van der Waals surface area contributed by atoms with Crippen molar-refractivity contribution in [2.24, 2.45) is 13.0 Å². The van der Waals surface area contributed by atoms with Crippen LogP contribution in [0, 0.1) is 5.92 Å². The van der Waals surface area contributed by atoms with Crippen LogP contribution in [0.5, 0.6) is 0 Å². The molecule has 0 radical (unpaired) electrons. The van der Waals surface area contributed by atoms with Crippen molar-refractivity contribution >= 4 is 17.0 Å². The predicted octanol–water partition coefficient (Wildman–Crippen LogP) is 1.11. The van der Waals surface area contributed by atoms with Gasteiger partial charge in [0, 0.05) is 13.6 Å². The summed E-state index contributed by atoms with van der Waals surface area (Å²) in [6.07, 6.45) is 2.56. The van der Waals surface area contributed by atoms with Gasteiger partial charge in [-0.1, -0.05) is 13.8 Å². The molecule has 6 nitrogen and oxygen atoms in total. The van der Waals surface area contributed by atoms with E-state index in [9.17, 15) is 4.79 Å². The van der Waals surface area contributed by atoms with E-state index in [0.717, 1.165) is 13.0 Å². The number of hydrogen-bond donors (Lipinski definition) is 2. The van der Waals surface area contributed by atoms with E-state index in [0.29, 0.717) is 22.9 Å². The van der Waals surface area contributed by atoms with Crippen molar-refractivity contribution in [3.05, 3.63) is 16.6 Å². The van der Waals surface area contributed by atoms with Crippen molar-refractivity contribution < 1.29 is 0 Å². The van der Waals surface area contributed by atoms with Gasteiger partial charge in [0.2, 0.25) is 5.95 Å². The van der Waals surface area contributed by atoms with Crippen molar-refractivity contribution in [1.29, 1.82) is 0 Å². The molecule has 0 aliphatic heterocycles. The Morgan fingerprint density at radius 2 is 2.29 bits per heavy atom. The van der Waals surface area contributed by atoms with Gasteiger partial charge in [-0.15, -0.1) is 0 Å². The van der Waals surface area contributed by atoms with Gasteiger partial charge in [0.15, 0.2) is 5.65 Å². The highest BCUT2D eigenvalue weighted by atomic mass is 16.1. The molecule has 0 aromatic carbocycles. The van der Waals surface area contributed by atoms with Gasteiger partial charge in [0.25, 0.3) is 5.56 Å². The van der Waals surface area contributed by atoms with Crippen LogP contribution in [0.3, 0.4) is 0 Å². The molecule has 2 heterocycles. The van der Waals surface area contributed by atoms with Gasteiger partial charge in [0.05, 0.1) is 6.20 Å². The summed E-state index contributed by atoms with van der Waals surface area (Å²) in [6.45, 7) is 5.11. The summed E-state index contributed by atoms with van der Waals surface area (Å²) < 4.78 is 1.60. The fourth-order valence-corrected chi connectivity index (χ4v) is 1.60. The van der Waals surface area contributed by atoms with E-state index < -0.39 is 0 Å². The Labute approximate surface area is 99.1 Å². The van der Waals surface area contributed by atoms with Crippen LogP contribution in [-0.2, 0) is 7.05 Å². The third-order valence-corrected chi connectivity index (χ3v) is 2.62. The smallest absolute Gasteiger partial charge is 0.263 e. The molecule has 2 aromatic rings. The van der Waals surface area contributed by atoms with Crippen LogP contribution in [0.15, 0.2) is 11.0 Å². The molecule has 0 amide bonds. The molecule has 0 saturated carbocycles. The highest BCUT2D eigenvalue weighted by Gasteiger charge is 2.07. The number of aromatic amines is 1. The standard InChI is InChI=1S/C11H17N5O/c1-7(2)4-5-12-11-14-9-8(10(17)15-11)6-13-16(9)3/h6-7H,4-5H2,1-3H3,(H2,12,14,15,17). The van der Waals surface area contributed by atoms with Gasteiger partial charge in [-0.2, -0.15) is 10.1 Å². The van der Waals surface area contributed by atoms with E-state index in [-0.39, 0.29) is 5.56 Å². The van der Waals surface area contributed by atoms with E-state index >= 15 is 0 Å². The summed E-state index contributed by atoms with van der Waals surface area (Å²) in [5.74, 6) is 1.13. The average molecular weight is 235 g/mol. The molecule has 6 heteroatoms. The van der Waals surface area contributed by atoms with Crippen LogP contribution in [0.1, 0.15) is 20.3 Å². The monoisotopic (exact) mass is 235 g/mol. The van der Waals surface area contributed by atoms with Gasteiger partial charge >= 0.3 is 0 Å². The van der Waals surface area contributed by atoms with Gasteiger partial charge in [-0.3, -0.25) is 14.5 Å². The largest absolute Gasteiger partial charge is 0.356 e. The molecule has 2 aromatic heterocycles. The van der Waals surface area contributed by atoms with Crippen LogP contribution in [0.4, 0.5) is 5.95 Å². The number of hydrogen-bond acceptors (Lipinski definition) is 4. The first-order valence-electron chi connectivity index (χ1n) is 5.74. The number of fused-ring (bicyclic) bond motifs is 1. The second-order valence-corrected chi connectivity index (χ2v) is 4.53. The third-order valence-electron chi connectivity index (χ3n) is 2.62. The number of aromatic nitrogens is 4. The maximum absolute atomic E-state index is 11.7. The molecule has 0 aliphatic carbocycles. The maximum atomic E-state index is 11.7. The fourth-order valence-electron chi connectivity index (χ4n) is 1.60. The van der Waals surface area contributed by atoms with Crippen LogP contribution >= 0.6 is 0 Å². The number of aryl methyl sites for hydroxylation is 1. The number of nitrogens with zero attached hydrogens (tertiary/aromatic N) is 3. The lowest BCUT2D eigenvalue weighted by molar-refractivity contribution is 0.606. The number of anilines is 1. The summed E-state index contributed by atoms with van der Waals surface area (Å²) in [5, 5.41) is 7.65. The maximum Gasteiger partial charge on any atom is 0.263 e. The van der Waals surface area contributed by atoms with Crippen molar-refractivity contribution in [2.75, 3.05) is 11.9 Å². The summed E-state index contributed by atoms with van der Waals surface area (Å²) in [6, 6.07) is 0. The van der Waals surface area contributed by atoms with Crippen molar-refractivity contribution in [2.45, 2.75) is 20.3 Å². The topological polar surface area (TPSA) is 75.6 Å². The first-order chi connectivity index (χ1) is 8.08. The van der Waals surface area contributed by atoms with Crippen LogP contribution in [-0.4, -0.2) is 26.3 Å². The zero-order chi connectivity index (χ0) is 12.4. The molecule has 0 atom stereocenters. The summed E-state index contributed by atoms with van der Waals surface area (Å²) in [7, 11) is 1.77. The van der Waals surface area contributed by atoms with E-state index in [4.69, 9.17) is 0 Å². The zero-order valence-electron chi connectivity index (χ0n) is 10.3. The second kappa shape index (κ2) is 4.57. The lowest BCUT2D eigenvalue weighted by Crippen LogP contribution is -2.14. The Hall–Kier alpha value is -1.85. The Balaban J connectivity index is 2.24. The molecule has 0 fully saturated rings. The highest BCUT2D eigenvalue weighted by molar-refractivity contribution is 5.74. The molecular formula is C11H17N5O. The van der Waals surface area contributed by atoms with Crippen LogP contribution < -0.4 is 10.9 Å². The molecule has 0 unspecified atom stereocenters. The summed E-state index contributed by atoms with van der Waals surface area (Å²) >= 11 is 0. The SMILES string of the molecule is CC(C)CCNc1nc2c(cnn2C)c(=O)[nH]1. The average Bonchev–Trinajstić information content (AvgIpc) is 2.61. The van der Waals surface area contributed by atoms with E-state index in [2.05, 4.69) is 34.2 Å². The predicted molar refractivity (Wildman–Crippen MR) is 67.1 cm³/mol. The molecule has 0 spiro atoms. The highest BCUT2D eigenvalue weighted by Crippen LogP contribution is 2.07. The lowest BCUT2D eigenvalue weighted by atomic mass is 10.1. The molecule has 2 rings (SSSR count). The minimum Gasteiger partial charge on any atom is -0.356 e. The molecular weight excluding hydrogens is 218 g/mol. The molecule has 0 saturated heterocycles. The molecule has 0 bridgehead atoms. The van der Waals surface area contributed by atoms with E-state index in [1.165, 1.54) is 6.20 Å². The van der Waals surface area contributed by atoms with Crippen molar-refractivity contribution in [3.63, 3.8) is 0 Å². The normalized spacial score (nSPS) is 11.3. The Kier molecular flexibility index (Phi) is 3.12. The minimum absolute atomic E-state index is 0.157. The third kappa shape index (κ3) is 2.46. The Bertz CT molecular complexity index is 569. The fraction of sp³-hybridized carbons (Fsp3) is 0.545. The first-order valence-corrected chi connectivity index (χ1v) is 5.74. The van der Waals surface area contributed by atoms with E-state index in [1.807, 2.05) is 0 Å². The zero-order valence-corrected chi connectivity index (χ0v) is 10.3. The Morgan fingerprint density at radius 3 is 3.00 bits per heavy atom. The number of nitrogens with one attached hydrogen (secondary N) is 2. The summed E-state index contributed by atoms with van der Waals surface area (Å²) in [5.41, 5.74) is 0.441. The molecule has 92 valence electrons. The first kappa shape index (κ1) is 11.6. The summed E-state index contributed by atoms with van der Waals surface area (Å²) in [4.78, 5) is 18.8. The van der Waals surface area contributed by atoms with Gasteiger partial charge in [0.1, 0.15) is 5.39 Å². The van der Waals surface area contributed by atoms with Crippen molar-refractivity contribution in [1.82, 2.24) is 19.7 Å². The molecule has 17 heavy (non-hydrogen) atoms. The number of H-pyrrole nitrogens is 1. The van der Waals surface area contributed by atoms with Crippen LogP contribution in [0.2, 0.25) is 0 Å². The second-order valence-electron chi connectivity index (χ2n) is 4.53. The van der Waals surface area contributed by atoms with Gasteiger partial charge in [-0.05, 0) is 12.3 Å². The van der Waals surface area contributed by atoms with Gasteiger partial charge in [-0.25, -0.2) is 0 Å². The lowest BCUT2D eigenvalue weighted by Gasteiger charge is -2.07.